The molecule has 3 aromatic rings. The van der Waals surface area contributed by atoms with Gasteiger partial charge in [-0.2, -0.15) is 4.37 Å². The third-order valence-electron chi connectivity index (χ3n) is 4.53. The summed E-state index contributed by atoms with van der Waals surface area (Å²) in [6.07, 6.45) is 1.01. The molecule has 1 amide bonds. The highest BCUT2D eigenvalue weighted by Gasteiger charge is 2.16. The van der Waals surface area contributed by atoms with Gasteiger partial charge in [0.2, 0.25) is 11.0 Å². The Morgan fingerprint density at radius 3 is 2.50 bits per heavy atom. The molecule has 0 saturated heterocycles. The number of hydrogen-bond acceptors (Lipinski definition) is 5. The van der Waals surface area contributed by atoms with Crippen LogP contribution in [0.3, 0.4) is 0 Å². The average Bonchev–Trinajstić information content (AvgIpc) is 3.17. The minimum Gasteiger partial charge on any atom is -0.346 e. The largest absolute Gasteiger partial charge is 0.346 e. The Morgan fingerprint density at radius 2 is 1.83 bits per heavy atom. The summed E-state index contributed by atoms with van der Waals surface area (Å²) in [6, 6.07) is 14.2. The van der Waals surface area contributed by atoms with Gasteiger partial charge in [-0.3, -0.25) is 4.79 Å². The van der Waals surface area contributed by atoms with Gasteiger partial charge in [0.05, 0.1) is 0 Å². The van der Waals surface area contributed by atoms with E-state index in [1.165, 1.54) is 34.8 Å². The molecule has 0 aliphatic heterocycles. The lowest BCUT2D eigenvalue weighted by Crippen LogP contribution is -2.31. The first kappa shape index (κ1) is 21.9. The summed E-state index contributed by atoms with van der Waals surface area (Å²) in [5.74, 6) is 0.784. The third kappa shape index (κ3) is 6.62. The lowest BCUT2D eigenvalue weighted by molar-refractivity contribution is -0.116. The Morgan fingerprint density at radius 1 is 1.13 bits per heavy atom. The first-order valence-electron chi connectivity index (χ1n) is 10.1. The number of aryl methyl sites for hydroxylation is 1. The molecule has 0 aliphatic carbocycles. The Balaban J connectivity index is 1.61. The number of hydrogen-bond donors (Lipinski definition) is 1. The second kappa shape index (κ2) is 10.3. The van der Waals surface area contributed by atoms with Crippen molar-refractivity contribution in [3.63, 3.8) is 0 Å². The fourth-order valence-electron chi connectivity index (χ4n) is 3.03. The van der Waals surface area contributed by atoms with Crippen molar-refractivity contribution in [1.29, 1.82) is 0 Å². The summed E-state index contributed by atoms with van der Waals surface area (Å²) in [7, 11) is 0. The third-order valence-corrected chi connectivity index (χ3v) is 5.35. The second-order valence-electron chi connectivity index (χ2n) is 7.80. The highest BCUT2D eigenvalue weighted by Crippen LogP contribution is 2.21. The Hall–Kier alpha value is -2.80. The van der Waals surface area contributed by atoms with Crippen molar-refractivity contribution in [3.05, 3.63) is 71.3 Å². The normalized spacial score (nSPS) is 11.0. The van der Waals surface area contributed by atoms with E-state index in [2.05, 4.69) is 59.6 Å². The minimum absolute atomic E-state index is 0.111. The minimum atomic E-state index is -0.325. The molecule has 0 unspecified atom stereocenters. The molecule has 1 N–H and O–H groups in total. The molecule has 0 atom stereocenters. The summed E-state index contributed by atoms with van der Waals surface area (Å²) in [5, 5.41) is 3.64. The van der Waals surface area contributed by atoms with Gasteiger partial charge in [-0.05, 0) is 42.7 Å². The van der Waals surface area contributed by atoms with Crippen LogP contribution in [0, 0.1) is 18.7 Å². The van der Waals surface area contributed by atoms with Crippen molar-refractivity contribution in [2.75, 3.05) is 23.3 Å². The van der Waals surface area contributed by atoms with E-state index in [0.717, 1.165) is 17.5 Å². The Labute approximate surface area is 181 Å². The van der Waals surface area contributed by atoms with E-state index < -0.39 is 0 Å². The molecule has 30 heavy (non-hydrogen) atoms. The number of amides is 1. The van der Waals surface area contributed by atoms with E-state index in [9.17, 15) is 9.18 Å². The molecule has 0 spiro atoms. The van der Waals surface area contributed by atoms with Gasteiger partial charge in [0, 0.05) is 43.2 Å². The maximum atomic E-state index is 13.0. The van der Waals surface area contributed by atoms with Crippen LogP contribution in [0.1, 0.15) is 37.2 Å². The summed E-state index contributed by atoms with van der Waals surface area (Å²) < 4.78 is 17.5. The molecular weight excluding hydrogens is 399 g/mol. The average molecular weight is 427 g/mol. The molecule has 0 bridgehead atoms. The van der Waals surface area contributed by atoms with E-state index in [1.54, 1.807) is 12.1 Å². The molecule has 7 heteroatoms. The monoisotopic (exact) mass is 426 g/mol. The predicted octanol–water partition coefficient (Wildman–Crippen LogP) is 5.07. The maximum Gasteiger partial charge on any atom is 0.226 e. The number of aromatic nitrogens is 2. The molecule has 0 radical (unpaired) electrons. The summed E-state index contributed by atoms with van der Waals surface area (Å²) in [5.41, 5.74) is 3.00. The second-order valence-corrected chi connectivity index (χ2v) is 8.53. The van der Waals surface area contributed by atoms with Crippen LogP contribution >= 0.6 is 11.5 Å². The zero-order chi connectivity index (χ0) is 21.5. The molecule has 5 nitrogen and oxygen atoms in total. The first-order valence-corrected chi connectivity index (χ1v) is 10.8. The predicted molar refractivity (Wildman–Crippen MR) is 121 cm³/mol. The fraction of sp³-hybridized carbons (Fsp3) is 0.348. The van der Waals surface area contributed by atoms with Gasteiger partial charge in [-0.15, -0.1) is 0 Å². The maximum absolute atomic E-state index is 13.0. The zero-order valence-corrected chi connectivity index (χ0v) is 18.4. The molecule has 2 aromatic carbocycles. The van der Waals surface area contributed by atoms with Crippen molar-refractivity contribution in [2.24, 2.45) is 5.92 Å². The lowest BCUT2D eigenvalue weighted by atomic mass is 10.1. The van der Waals surface area contributed by atoms with Gasteiger partial charge in [0.25, 0.3) is 0 Å². The number of anilines is 2. The summed E-state index contributed by atoms with van der Waals surface area (Å²) >= 11 is 1.37. The molecule has 0 saturated carbocycles. The number of carbonyl (C=O) groups is 1. The van der Waals surface area contributed by atoms with Crippen molar-refractivity contribution in [3.8, 4) is 0 Å². The van der Waals surface area contributed by atoms with E-state index in [-0.39, 0.29) is 11.7 Å². The Kier molecular flexibility index (Phi) is 7.52. The van der Waals surface area contributed by atoms with Crippen molar-refractivity contribution in [1.82, 2.24) is 9.36 Å². The number of benzene rings is 2. The van der Waals surface area contributed by atoms with Crippen molar-refractivity contribution < 1.29 is 9.18 Å². The lowest BCUT2D eigenvalue weighted by Gasteiger charge is -2.23. The summed E-state index contributed by atoms with van der Waals surface area (Å²) in [6.45, 7) is 7.69. The molecular formula is C23H27FN4OS. The van der Waals surface area contributed by atoms with Gasteiger partial charge in [-0.25, -0.2) is 9.37 Å². The number of nitrogens with one attached hydrogen (secondary N) is 1. The highest BCUT2D eigenvalue weighted by molar-refractivity contribution is 7.09. The van der Waals surface area contributed by atoms with Crippen LogP contribution in [-0.4, -0.2) is 28.4 Å². The van der Waals surface area contributed by atoms with Crippen molar-refractivity contribution >= 4 is 28.3 Å². The van der Waals surface area contributed by atoms with Gasteiger partial charge < -0.3 is 10.2 Å². The van der Waals surface area contributed by atoms with Crippen LogP contribution in [0.4, 0.5) is 15.2 Å². The molecule has 1 heterocycles. The van der Waals surface area contributed by atoms with E-state index in [0.29, 0.717) is 31.0 Å². The topological polar surface area (TPSA) is 58.1 Å². The first-order chi connectivity index (χ1) is 14.4. The highest BCUT2D eigenvalue weighted by atomic mass is 32.1. The van der Waals surface area contributed by atoms with Crippen LogP contribution in [0.25, 0.3) is 0 Å². The molecule has 0 aliphatic rings. The van der Waals surface area contributed by atoms with E-state index >= 15 is 0 Å². The van der Waals surface area contributed by atoms with Gasteiger partial charge in [-0.1, -0.05) is 43.7 Å². The molecule has 1 aromatic heterocycles. The fourth-order valence-corrected chi connectivity index (χ4v) is 3.75. The molecule has 3 rings (SSSR count). The quantitative estimate of drug-likeness (QED) is 0.519. The van der Waals surface area contributed by atoms with Crippen LogP contribution in [0.2, 0.25) is 0 Å². The van der Waals surface area contributed by atoms with Crippen LogP contribution in [-0.2, 0) is 11.2 Å². The smallest absolute Gasteiger partial charge is 0.226 e. The number of nitrogens with zero attached hydrogens (tertiary/aromatic N) is 3. The molecule has 0 fully saturated rings. The number of rotatable bonds is 9. The van der Waals surface area contributed by atoms with Gasteiger partial charge in [0.15, 0.2) is 0 Å². The van der Waals surface area contributed by atoms with Crippen LogP contribution < -0.4 is 10.2 Å². The van der Waals surface area contributed by atoms with E-state index in [1.807, 2.05) is 0 Å². The molecule has 158 valence electrons. The SMILES string of the molecule is Cc1ccc(Cc2nsc(N(CCC(=O)Nc3ccc(F)cc3)CC(C)C)n2)cc1. The van der Waals surface area contributed by atoms with E-state index in [4.69, 9.17) is 4.98 Å². The number of carbonyl (C=O) groups excluding carboxylic acids is 1. The van der Waals surface area contributed by atoms with Gasteiger partial charge in [0.1, 0.15) is 11.6 Å². The van der Waals surface area contributed by atoms with Crippen molar-refractivity contribution in [2.45, 2.75) is 33.6 Å². The Bertz CT molecular complexity index is 954. The van der Waals surface area contributed by atoms with Gasteiger partial charge >= 0.3 is 0 Å². The standard InChI is InChI=1S/C23H27FN4OS/c1-16(2)15-28(13-12-22(29)25-20-10-8-19(24)9-11-20)23-26-21(27-30-23)14-18-6-4-17(3)5-7-18/h4-11,16H,12-15H2,1-3H3,(H,25,29). The van der Waals surface area contributed by atoms with Crippen LogP contribution in [0.15, 0.2) is 48.5 Å². The zero-order valence-electron chi connectivity index (χ0n) is 17.6. The summed E-state index contributed by atoms with van der Waals surface area (Å²) in [4.78, 5) is 19.2. The van der Waals surface area contributed by atoms with Crippen LogP contribution in [0.5, 0.6) is 0 Å². The number of halogens is 1.